The molecule has 0 aliphatic heterocycles. The molecule has 0 aromatic carbocycles. The molecule has 0 aromatic heterocycles. The van der Waals surface area contributed by atoms with E-state index in [1.165, 1.54) is 12.8 Å². The summed E-state index contributed by atoms with van der Waals surface area (Å²) in [7, 11) is 1.76. The highest BCUT2D eigenvalue weighted by atomic mass is 16.5. The van der Waals surface area contributed by atoms with Crippen LogP contribution in [0.2, 0.25) is 0 Å². The number of methoxy groups -OCH3 is 1. The quantitative estimate of drug-likeness (QED) is 0.805. The summed E-state index contributed by atoms with van der Waals surface area (Å²) >= 11 is 0. The minimum Gasteiger partial charge on any atom is -0.390 e. The largest absolute Gasteiger partial charge is 0.390 e. The molecule has 0 radical (unpaired) electrons. The van der Waals surface area contributed by atoms with Crippen LogP contribution >= 0.6 is 0 Å². The molecule has 1 rings (SSSR count). The van der Waals surface area contributed by atoms with Gasteiger partial charge in [-0.05, 0) is 57.3 Å². The van der Waals surface area contributed by atoms with Crippen LogP contribution in [0.4, 0.5) is 0 Å². The predicted molar refractivity (Wildman–Crippen MR) is 76.6 cm³/mol. The average Bonchev–Trinajstić information content (AvgIpc) is 2.26. The summed E-state index contributed by atoms with van der Waals surface area (Å²) in [5.41, 5.74) is -0.612. The molecule has 1 aliphatic carbocycles. The molecule has 3 atom stereocenters. The monoisotopic (exact) mass is 256 g/mol. The summed E-state index contributed by atoms with van der Waals surface area (Å²) in [4.78, 5) is 0. The van der Waals surface area contributed by atoms with Crippen molar-refractivity contribution in [1.29, 1.82) is 0 Å². The summed E-state index contributed by atoms with van der Waals surface area (Å²) in [5, 5.41) is 11.1. The zero-order valence-corrected chi connectivity index (χ0v) is 13.1. The van der Waals surface area contributed by atoms with Gasteiger partial charge in [-0.1, -0.05) is 27.2 Å². The van der Waals surface area contributed by atoms with Gasteiger partial charge in [0.25, 0.3) is 0 Å². The van der Waals surface area contributed by atoms with Crippen molar-refractivity contribution < 1.29 is 9.84 Å². The Kier molecular flexibility index (Phi) is 5.25. The molecular formula is C16H32O2. The molecule has 3 unspecified atom stereocenters. The van der Waals surface area contributed by atoms with Gasteiger partial charge in [0.15, 0.2) is 0 Å². The highest BCUT2D eigenvalue weighted by Crippen LogP contribution is 2.44. The molecule has 0 bridgehead atoms. The second kappa shape index (κ2) is 5.92. The Labute approximate surface area is 113 Å². The molecule has 108 valence electrons. The first-order valence-corrected chi connectivity index (χ1v) is 7.48. The molecule has 0 aromatic rings. The SMILES string of the molecule is COC(C)(C)CCC1(O)CC(C)CCC1C(C)C. The molecule has 1 saturated carbocycles. The maximum Gasteiger partial charge on any atom is 0.0681 e. The zero-order valence-electron chi connectivity index (χ0n) is 13.1. The first-order chi connectivity index (χ1) is 8.20. The van der Waals surface area contributed by atoms with E-state index in [0.29, 0.717) is 17.8 Å². The number of aliphatic hydroxyl groups is 1. The van der Waals surface area contributed by atoms with Crippen molar-refractivity contribution in [2.24, 2.45) is 17.8 Å². The van der Waals surface area contributed by atoms with Crippen LogP contribution in [-0.2, 0) is 4.74 Å². The van der Waals surface area contributed by atoms with Crippen LogP contribution in [0, 0.1) is 17.8 Å². The molecule has 18 heavy (non-hydrogen) atoms. The van der Waals surface area contributed by atoms with E-state index in [2.05, 4.69) is 34.6 Å². The lowest BCUT2D eigenvalue weighted by Gasteiger charge is -2.46. The third-order valence-corrected chi connectivity index (χ3v) is 4.88. The number of hydrogen-bond donors (Lipinski definition) is 1. The van der Waals surface area contributed by atoms with Gasteiger partial charge >= 0.3 is 0 Å². The van der Waals surface area contributed by atoms with Gasteiger partial charge in [0.1, 0.15) is 0 Å². The third kappa shape index (κ3) is 3.96. The lowest BCUT2D eigenvalue weighted by molar-refractivity contribution is -0.101. The lowest BCUT2D eigenvalue weighted by atomic mass is 9.65. The fourth-order valence-corrected chi connectivity index (χ4v) is 3.45. The van der Waals surface area contributed by atoms with Crippen LogP contribution in [0.15, 0.2) is 0 Å². The van der Waals surface area contributed by atoms with Gasteiger partial charge in [0, 0.05) is 7.11 Å². The van der Waals surface area contributed by atoms with Gasteiger partial charge in [-0.25, -0.2) is 0 Å². The first kappa shape index (κ1) is 16.0. The van der Waals surface area contributed by atoms with Gasteiger partial charge < -0.3 is 9.84 Å². The van der Waals surface area contributed by atoms with Gasteiger partial charge in [0.2, 0.25) is 0 Å². The fraction of sp³-hybridized carbons (Fsp3) is 1.00. The maximum absolute atomic E-state index is 11.1. The van der Waals surface area contributed by atoms with Gasteiger partial charge in [0.05, 0.1) is 11.2 Å². The molecule has 1 aliphatic rings. The van der Waals surface area contributed by atoms with E-state index < -0.39 is 5.60 Å². The van der Waals surface area contributed by atoms with Gasteiger partial charge in [-0.2, -0.15) is 0 Å². The Hall–Kier alpha value is -0.0800. The van der Waals surface area contributed by atoms with Crippen molar-refractivity contribution in [3.8, 4) is 0 Å². The molecule has 2 heteroatoms. The normalized spacial score (nSPS) is 34.0. The van der Waals surface area contributed by atoms with Crippen LogP contribution in [0.25, 0.3) is 0 Å². The number of ether oxygens (including phenoxy) is 1. The van der Waals surface area contributed by atoms with Crippen molar-refractivity contribution in [3.63, 3.8) is 0 Å². The Balaban J connectivity index is 2.71. The topological polar surface area (TPSA) is 29.5 Å². The third-order valence-electron chi connectivity index (χ3n) is 4.88. The van der Waals surface area contributed by atoms with Crippen molar-refractivity contribution in [1.82, 2.24) is 0 Å². The van der Waals surface area contributed by atoms with E-state index in [1.54, 1.807) is 7.11 Å². The van der Waals surface area contributed by atoms with Crippen molar-refractivity contribution in [3.05, 3.63) is 0 Å². The maximum atomic E-state index is 11.1. The second-order valence-electron chi connectivity index (χ2n) is 7.30. The molecule has 0 amide bonds. The zero-order chi connectivity index (χ0) is 14.0. The number of hydrogen-bond acceptors (Lipinski definition) is 2. The summed E-state index contributed by atoms with van der Waals surface area (Å²) in [6.45, 7) is 11.0. The minimum absolute atomic E-state index is 0.127. The summed E-state index contributed by atoms with van der Waals surface area (Å²) in [5.74, 6) is 1.66. The van der Waals surface area contributed by atoms with Crippen LogP contribution in [-0.4, -0.2) is 23.4 Å². The van der Waals surface area contributed by atoms with Gasteiger partial charge in [-0.15, -0.1) is 0 Å². The molecular weight excluding hydrogens is 224 g/mol. The lowest BCUT2D eigenvalue weighted by Crippen LogP contribution is -2.46. The van der Waals surface area contributed by atoms with E-state index in [0.717, 1.165) is 19.3 Å². The van der Waals surface area contributed by atoms with E-state index in [9.17, 15) is 5.11 Å². The van der Waals surface area contributed by atoms with Crippen molar-refractivity contribution in [2.45, 2.75) is 77.9 Å². The molecule has 2 nitrogen and oxygen atoms in total. The van der Waals surface area contributed by atoms with E-state index in [-0.39, 0.29) is 5.60 Å². The minimum atomic E-state index is -0.484. The fourth-order valence-electron chi connectivity index (χ4n) is 3.45. The number of rotatable bonds is 5. The van der Waals surface area contributed by atoms with Crippen LogP contribution in [0.5, 0.6) is 0 Å². The molecule has 0 saturated heterocycles. The summed E-state index contributed by atoms with van der Waals surface area (Å²) < 4.78 is 5.49. The van der Waals surface area contributed by atoms with Crippen molar-refractivity contribution in [2.75, 3.05) is 7.11 Å². The van der Waals surface area contributed by atoms with Crippen molar-refractivity contribution >= 4 is 0 Å². The van der Waals surface area contributed by atoms with E-state index >= 15 is 0 Å². The summed E-state index contributed by atoms with van der Waals surface area (Å²) in [6.07, 6.45) is 5.17. The van der Waals surface area contributed by atoms with Crippen LogP contribution < -0.4 is 0 Å². The smallest absolute Gasteiger partial charge is 0.0681 e. The molecule has 0 spiro atoms. The standard InChI is InChI=1S/C16H32O2/c1-12(2)14-8-7-13(3)11-16(14,17)10-9-15(4,5)18-6/h12-14,17H,7-11H2,1-6H3. The van der Waals surface area contributed by atoms with Crippen LogP contribution in [0.3, 0.4) is 0 Å². The van der Waals surface area contributed by atoms with E-state index in [1.807, 2.05) is 0 Å². The average molecular weight is 256 g/mol. The highest BCUT2D eigenvalue weighted by Gasteiger charge is 2.43. The molecule has 0 heterocycles. The highest BCUT2D eigenvalue weighted by molar-refractivity contribution is 4.94. The Bertz CT molecular complexity index is 260. The second-order valence-corrected chi connectivity index (χ2v) is 7.30. The summed E-state index contributed by atoms with van der Waals surface area (Å²) in [6, 6.07) is 0. The Morgan fingerprint density at radius 1 is 1.33 bits per heavy atom. The molecule has 1 fully saturated rings. The Morgan fingerprint density at radius 2 is 1.94 bits per heavy atom. The molecule has 1 N–H and O–H groups in total. The first-order valence-electron chi connectivity index (χ1n) is 7.48. The van der Waals surface area contributed by atoms with Crippen LogP contribution in [0.1, 0.15) is 66.7 Å². The van der Waals surface area contributed by atoms with Gasteiger partial charge in [-0.3, -0.25) is 0 Å². The van der Waals surface area contributed by atoms with E-state index in [4.69, 9.17) is 4.74 Å². The Morgan fingerprint density at radius 3 is 2.44 bits per heavy atom. The predicted octanol–water partition coefficient (Wildman–Crippen LogP) is 4.01.